The van der Waals surface area contributed by atoms with Crippen LogP contribution in [-0.4, -0.2) is 66.2 Å². The minimum atomic E-state index is -0.453. The summed E-state index contributed by atoms with van der Waals surface area (Å²) >= 11 is 6.17. The standard InChI is InChI=1S/C25H32ClN3O2/c1-16-7-8-21(9-23(16)26)27-10-22(30)15-28-11-19-13-29(14-20(19)12-28)25(31)24-17(2)5-4-6-18(24)3/h4-9,19-20,22,27,30H,10-15H2,1-3H3. The van der Waals surface area contributed by atoms with Gasteiger partial charge in [-0.3, -0.25) is 9.69 Å². The number of nitrogens with zero attached hydrogens (tertiary/aromatic N) is 2. The number of halogens is 1. The second-order valence-electron chi connectivity index (χ2n) is 9.21. The van der Waals surface area contributed by atoms with Crippen LogP contribution < -0.4 is 5.32 Å². The van der Waals surface area contributed by atoms with Gasteiger partial charge in [0, 0.05) is 55.5 Å². The highest BCUT2D eigenvalue weighted by Crippen LogP contribution is 2.32. The summed E-state index contributed by atoms with van der Waals surface area (Å²) in [5.41, 5.74) is 4.93. The molecule has 0 aliphatic carbocycles. The number of anilines is 1. The molecule has 31 heavy (non-hydrogen) atoms. The molecule has 0 aromatic heterocycles. The van der Waals surface area contributed by atoms with E-state index in [1.165, 1.54) is 0 Å². The summed E-state index contributed by atoms with van der Waals surface area (Å²) in [4.78, 5) is 17.5. The van der Waals surface area contributed by atoms with E-state index in [-0.39, 0.29) is 5.91 Å². The van der Waals surface area contributed by atoms with Crippen LogP contribution in [0.3, 0.4) is 0 Å². The largest absolute Gasteiger partial charge is 0.390 e. The van der Waals surface area contributed by atoms with E-state index in [1.54, 1.807) is 0 Å². The summed E-state index contributed by atoms with van der Waals surface area (Å²) < 4.78 is 0. The molecule has 0 bridgehead atoms. The number of amides is 1. The van der Waals surface area contributed by atoms with Gasteiger partial charge in [0.05, 0.1) is 6.10 Å². The van der Waals surface area contributed by atoms with E-state index >= 15 is 0 Å². The fraction of sp³-hybridized carbons (Fsp3) is 0.480. The Balaban J connectivity index is 1.26. The first kappa shape index (κ1) is 22.1. The lowest BCUT2D eigenvalue weighted by atomic mass is 10.0. The predicted octanol–water partition coefficient (Wildman–Crippen LogP) is 3.74. The van der Waals surface area contributed by atoms with Crippen LogP contribution in [0.1, 0.15) is 27.0 Å². The van der Waals surface area contributed by atoms with Gasteiger partial charge in [-0.25, -0.2) is 0 Å². The summed E-state index contributed by atoms with van der Waals surface area (Å²) in [5.74, 6) is 1.14. The fourth-order valence-electron chi connectivity index (χ4n) is 5.02. The fourth-order valence-corrected chi connectivity index (χ4v) is 5.20. The first-order valence-corrected chi connectivity index (χ1v) is 11.5. The number of rotatable bonds is 6. The van der Waals surface area contributed by atoms with E-state index in [1.807, 2.05) is 62.1 Å². The number of fused-ring (bicyclic) bond motifs is 1. The summed E-state index contributed by atoms with van der Waals surface area (Å²) in [6.45, 7) is 10.6. The van der Waals surface area contributed by atoms with Gasteiger partial charge in [0.25, 0.3) is 5.91 Å². The van der Waals surface area contributed by atoms with Gasteiger partial charge in [-0.1, -0.05) is 35.9 Å². The number of β-amino-alcohol motifs (C(OH)–C–C–N with tert-alkyl or cyclic N) is 1. The molecule has 2 fully saturated rings. The zero-order valence-corrected chi connectivity index (χ0v) is 19.3. The van der Waals surface area contributed by atoms with E-state index < -0.39 is 6.10 Å². The number of benzene rings is 2. The molecule has 0 saturated carbocycles. The van der Waals surface area contributed by atoms with Gasteiger partial charge in [0.15, 0.2) is 0 Å². The third kappa shape index (κ3) is 4.89. The smallest absolute Gasteiger partial charge is 0.254 e. The molecule has 166 valence electrons. The normalized spacial score (nSPS) is 21.9. The van der Waals surface area contributed by atoms with Crippen molar-refractivity contribution in [1.29, 1.82) is 0 Å². The lowest BCUT2D eigenvalue weighted by molar-refractivity contribution is 0.0762. The lowest BCUT2D eigenvalue weighted by Gasteiger charge is -2.24. The third-order valence-electron chi connectivity index (χ3n) is 6.73. The van der Waals surface area contributed by atoms with E-state index in [9.17, 15) is 9.90 Å². The first-order chi connectivity index (χ1) is 14.8. The lowest BCUT2D eigenvalue weighted by Crippen LogP contribution is -2.38. The van der Waals surface area contributed by atoms with Crippen molar-refractivity contribution in [2.45, 2.75) is 26.9 Å². The summed E-state index contributed by atoms with van der Waals surface area (Å²) in [7, 11) is 0. The number of aryl methyl sites for hydroxylation is 3. The Hall–Kier alpha value is -2.08. The molecule has 4 rings (SSSR count). The van der Waals surface area contributed by atoms with Gasteiger partial charge >= 0.3 is 0 Å². The predicted molar refractivity (Wildman–Crippen MR) is 126 cm³/mol. The molecule has 2 aliphatic rings. The average molecular weight is 442 g/mol. The summed E-state index contributed by atoms with van der Waals surface area (Å²) in [5, 5.41) is 14.5. The molecule has 0 radical (unpaired) electrons. The molecule has 1 amide bonds. The molecular weight excluding hydrogens is 410 g/mol. The number of carbonyl (C=O) groups is 1. The van der Waals surface area contributed by atoms with Crippen molar-refractivity contribution in [2.75, 3.05) is 44.6 Å². The Morgan fingerprint density at radius 2 is 1.71 bits per heavy atom. The third-order valence-corrected chi connectivity index (χ3v) is 7.13. The maximum atomic E-state index is 13.1. The van der Waals surface area contributed by atoms with Crippen molar-refractivity contribution < 1.29 is 9.90 Å². The van der Waals surface area contributed by atoms with Gasteiger partial charge in [0.2, 0.25) is 0 Å². The van der Waals surface area contributed by atoms with Crippen molar-refractivity contribution in [1.82, 2.24) is 9.80 Å². The maximum Gasteiger partial charge on any atom is 0.254 e. The molecule has 5 nitrogen and oxygen atoms in total. The average Bonchev–Trinajstić information content (AvgIpc) is 3.27. The highest BCUT2D eigenvalue weighted by Gasteiger charge is 2.42. The number of hydrogen-bond donors (Lipinski definition) is 2. The van der Waals surface area contributed by atoms with E-state index in [4.69, 9.17) is 11.6 Å². The number of aliphatic hydroxyl groups excluding tert-OH is 1. The van der Waals surface area contributed by atoms with E-state index in [2.05, 4.69) is 10.2 Å². The van der Waals surface area contributed by atoms with Crippen molar-refractivity contribution in [2.24, 2.45) is 11.8 Å². The van der Waals surface area contributed by atoms with Crippen molar-refractivity contribution in [3.8, 4) is 0 Å². The number of nitrogens with one attached hydrogen (secondary N) is 1. The number of likely N-dealkylation sites (tertiary alicyclic amines) is 2. The van der Waals surface area contributed by atoms with Crippen LogP contribution in [0.2, 0.25) is 5.02 Å². The van der Waals surface area contributed by atoms with Crippen LogP contribution in [-0.2, 0) is 0 Å². The molecule has 3 atom stereocenters. The quantitative estimate of drug-likeness (QED) is 0.717. The van der Waals surface area contributed by atoms with Gasteiger partial charge in [-0.2, -0.15) is 0 Å². The number of aliphatic hydroxyl groups is 1. The Bertz CT molecular complexity index is 930. The van der Waals surface area contributed by atoms with E-state index in [0.717, 1.165) is 59.1 Å². The van der Waals surface area contributed by atoms with E-state index in [0.29, 0.717) is 24.9 Å². The van der Waals surface area contributed by atoms with Crippen molar-refractivity contribution in [3.05, 3.63) is 63.7 Å². The van der Waals surface area contributed by atoms with Crippen LogP contribution in [0.25, 0.3) is 0 Å². The number of hydrogen-bond acceptors (Lipinski definition) is 4. The zero-order valence-electron chi connectivity index (χ0n) is 18.6. The number of carbonyl (C=O) groups excluding carboxylic acids is 1. The molecule has 2 N–H and O–H groups in total. The van der Waals surface area contributed by atoms with Crippen molar-refractivity contribution >= 4 is 23.2 Å². The molecule has 2 aromatic carbocycles. The molecule has 2 aliphatic heterocycles. The zero-order chi connectivity index (χ0) is 22.1. The Morgan fingerprint density at radius 3 is 2.32 bits per heavy atom. The summed E-state index contributed by atoms with van der Waals surface area (Å²) in [6, 6.07) is 11.9. The minimum absolute atomic E-state index is 0.164. The van der Waals surface area contributed by atoms with Gasteiger partial charge in [0.1, 0.15) is 0 Å². The molecule has 2 aromatic rings. The SMILES string of the molecule is Cc1ccc(NCC(O)CN2CC3CN(C(=O)c4c(C)cccc4C)CC3C2)cc1Cl. The second kappa shape index (κ2) is 9.19. The van der Waals surface area contributed by atoms with Crippen LogP contribution >= 0.6 is 11.6 Å². The molecule has 0 spiro atoms. The van der Waals surface area contributed by atoms with Gasteiger partial charge < -0.3 is 15.3 Å². The van der Waals surface area contributed by atoms with Gasteiger partial charge in [-0.05, 0) is 61.4 Å². The second-order valence-corrected chi connectivity index (χ2v) is 9.62. The van der Waals surface area contributed by atoms with Crippen LogP contribution in [0.4, 0.5) is 5.69 Å². The molecule has 2 saturated heterocycles. The molecule has 6 heteroatoms. The topological polar surface area (TPSA) is 55.8 Å². The Labute approximate surface area is 190 Å². The maximum absolute atomic E-state index is 13.1. The first-order valence-electron chi connectivity index (χ1n) is 11.1. The Morgan fingerprint density at radius 1 is 1.06 bits per heavy atom. The van der Waals surface area contributed by atoms with Crippen LogP contribution in [0.15, 0.2) is 36.4 Å². The minimum Gasteiger partial charge on any atom is -0.390 e. The molecular formula is C25H32ClN3O2. The highest BCUT2D eigenvalue weighted by molar-refractivity contribution is 6.31. The highest BCUT2D eigenvalue weighted by atomic mass is 35.5. The monoisotopic (exact) mass is 441 g/mol. The summed E-state index contributed by atoms with van der Waals surface area (Å²) in [6.07, 6.45) is -0.453. The van der Waals surface area contributed by atoms with Crippen molar-refractivity contribution in [3.63, 3.8) is 0 Å². The molecule has 3 unspecified atom stereocenters. The van der Waals surface area contributed by atoms with Crippen LogP contribution in [0.5, 0.6) is 0 Å². The van der Waals surface area contributed by atoms with Gasteiger partial charge in [-0.15, -0.1) is 0 Å². The molecule has 2 heterocycles. The Kier molecular flexibility index (Phi) is 6.56. The van der Waals surface area contributed by atoms with Crippen LogP contribution in [0, 0.1) is 32.6 Å².